The van der Waals surface area contributed by atoms with Crippen LogP contribution in [0.15, 0.2) is 0 Å². The maximum Gasteiger partial charge on any atom is 0.0350 e. The van der Waals surface area contributed by atoms with Crippen LogP contribution in [-0.2, 0) is 0 Å². The van der Waals surface area contributed by atoms with Gasteiger partial charge < -0.3 is 0 Å². The molecule has 0 bridgehead atoms. The average Bonchev–Trinajstić information content (AvgIpc) is 1.97. The molecule has 1 heterocycles. The van der Waals surface area contributed by atoms with Gasteiger partial charge in [-0.05, 0) is 40.3 Å². The SMILES string of the molecule is CCCN(CC)C1CN(C(C)(C)C)C1. The molecule has 1 fully saturated rings. The Morgan fingerprint density at radius 3 is 2.14 bits per heavy atom. The topological polar surface area (TPSA) is 6.48 Å². The predicted octanol–water partition coefficient (Wildman–Crippen LogP) is 2.20. The Hall–Kier alpha value is -0.0800. The van der Waals surface area contributed by atoms with Crippen molar-refractivity contribution in [1.82, 2.24) is 9.80 Å². The van der Waals surface area contributed by atoms with Crippen molar-refractivity contribution in [3.63, 3.8) is 0 Å². The van der Waals surface area contributed by atoms with Crippen molar-refractivity contribution in [1.29, 1.82) is 0 Å². The van der Waals surface area contributed by atoms with E-state index in [-0.39, 0.29) is 0 Å². The van der Waals surface area contributed by atoms with Crippen LogP contribution < -0.4 is 0 Å². The number of likely N-dealkylation sites (tertiary alicyclic amines) is 1. The maximum absolute atomic E-state index is 2.61. The molecule has 0 radical (unpaired) electrons. The summed E-state index contributed by atoms with van der Waals surface area (Å²) >= 11 is 0. The van der Waals surface area contributed by atoms with Crippen LogP contribution in [0.4, 0.5) is 0 Å². The molecular formula is C12H26N2. The molecule has 2 nitrogen and oxygen atoms in total. The molecule has 1 saturated heterocycles. The van der Waals surface area contributed by atoms with E-state index in [4.69, 9.17) is 0 Å². The summed E-state index contributed by atoms with van der Waals surface area (Å²) in [6.45, 7) is 16.4. The monoisotopic (exact) mass is 198 g/mol. The third kappa shape index (κ3) is 2.71. The lowest BCUT2D eigenvalue weighted by atomic mass is 9.96. The smallest absolute Gasteiger partial charge is 0.0350 e. The number of hydrogen-bond acceptors (Lipinski definition) is 2. The first-order valence-electron chi connectivity index (χ1n) is 5.98. The zero-order chi connectivity index (χ0) is 10.8. The highest BCUT2D eigenvalue weighted by atomic mass is 15.3. The lowest BCUT2D eigenvalue weighted by Crippen LogP contribution is -2.64. The molecule has 0 unspecified atom stereocenters. The Labute approximate surface area is 89.3 Å². The van der Waals surface area contributed by atoms with Gasteiger partial charge in [0.2, 0.25) is 0 Å². The highest BCUT2D eigenvalue weighted by Crippen LogP contribution is 2.24. The molecule has 1 aliphatic heterocycles. The second-order valence-electron chi connectivity index (χ2n) is 5.36. The molecule has 1 rings (SSSR count). The van der Waals surface area contributed by atoms with Crippen LogP contribution in [-0.4, -0.2) is 47.6 Å². The minimum Gasteiger partial charge on any atom is -0.298 e. The van der Waals surface area contributed by atoms with Crippen LogP contribution in [0.1, 0.15) is 41.0 Å². The molecule has 0 aliphatic carbocycles. The van der Waals surface area contributed by atoms with Gasteiger partial charge in [-0.3, -0.25) is 9.80 Å². The van der Waals surface area contributed by atoms with E-state index in [2.05, 4.69) is 44.4 Å². The van der Waals surface area contributed by atoms with E-state index in [0.29, 0.717) is 5.54 Å². The molecule has 0 amide bonds. The van der Waals surface area contributed by atoms with Crippen LogP contribution in [0.3, 0.4) is 0 Å². The van der Waals surface area contributed by atoms with Gasteiger partial charge in [0.15, 0.2) is 0 Å². The summed E-state index contributed by atoms with van der Waals surface area (Å²) in [5.41, 5.74) is 0.363. The molecule has 0 N–H and O–H groups in total. The first kappa shape index (κ1) is 12.0. The van der Waals surface area contributed by atoms with Crippen LogP contribution in [0.2, 0.25) is 0 Å². The predicted molar refractivity (Wildman–Crippen MR) is 62.7 cm³/mol. The van der Waals surface area contributed by atoms with E-state index in [0.717, 1.165) is 6.04 Å². The van der Waals surface area contributed by atoms with Crippen LogP contribution in [0.25, 0.3) is 0 Å². The summed E-state index contributed by atoms with van der Waals surface area (Å²) in [5, 5.41) is 0. The molecule has 0 aromatic rings. The first-order valence-corrected chi connectivity index (χ1v) is 5.98. The fourth-order valence-electron chi connectivity index (χ4n) is 2.12. The Kier molecular flexibility index (Phi) is 3.96. The standard InChI is InChI=1S/C12H26N2/c1-6-8-13(7-2)11-9-14(10-11)12(3,4)5/h11H,6-10H2,1-5H3. The molecule has 0 aromatic carbocycles. The van der Waals surface area contributed by atoms with Crippen LogP contribution in [0, 0.1) is 0 Å². The van der Waals surface area contributed by atoms with Crippen LogP contribution >= 0.6 is 0 Å². The fourth-order valence-corrected chi connectivity index (χ4v) is 2.12. The van der Waals surface area contributed by atoms with Gasteiger partial charge in [-0.2, -0.15) is 0 Å². The van der Waals surface area contributed by atoms with E-state index < -0.39 is 0 Å². The van der Waals surface area contributed by atoms with Gasteiger partial charge in [0.1, 0.15) is 0 Å². The maximum atomic E-state index is 2.61. The van der Waals surface area contributed by atoms with Crippen molar-refractivity contribution in [2.75, 3.05) is 26.2 Å². The van der Waals surface area contributed by atoms with E-state index in [1.165, 1.54) is 32.6 Å². The van der Waals surface area contributed by atoms with Crippen LogP contribution in [0.5, 0.6) is 0 Å². The Morgan fingerprint density at radius 1 is 1.21 bits per heavy atom. The van der Waals surface area contributed by atoms with Crippen molar-refractivity contribution >= 4 is 0 Å². The number of nitrogens with zero attached hydrogens (tertiary/aromatic N) is 2. The summed E-state index contributed by atoms with van der Waals surface area (Å²) in [6, 6.07) is 0.819. The van der Waals surface area contributed by atoms with Gasteiger partial charge in [-0.25, -0.2) is 0 Å². The summed E-state index contributed by atoms with van der Waals surface area (Å²) in [7, 11) is 0. The molecule has 0 spiro atoms. The summed E-state index contributed by atoms with van der Waals surface area (Å²) in [4.78, 5) is 5.18. The van der Waals surface area contributed by atoms with Gasteiger partial charge in [0.05, 0.1) is 0 Å². The molecular weight excluding hydrogens is 172 g/mol. The fraction of sp³-hybridized carbons (Fsp3) is 1.00. The van der Waals surface area contributed by atoms with Gasteiger partial charge in [0, 0.05) is 24.7 Å². The third-order valence-electron chi connectivity index (χ3n) is 3.24. The molecule has 1 aliphatic rings. The van der Waals surface area contributed by atoms with E-state index in [1.807, 2.05) is 0 Å². The summed E-state index contributed by atoms with van der Waals surface area (Å²) < 4.78 is 0. The Balaban J connectivity index is 2.32. The molecule has 2 heteroatoms. The zero-order valence-electron chi connectivity index (χ0n) is 10.5. The molecule has 0 aromatic heterocycles. The van der Waals surface area contributed by atoms with E-state index in [1.54, 1.807) is 0 Å². The largest absolute Gasteiger partial charge is 0.298 e. The average molecular weight is 198 g/mol. The van der Waals surface area contributed by atoms with Crippen molar-refractivity contribution in [2.24, 2.45) is 0 Å². The summed E-state index contributed by atoms with van der Waals surface area (Å²) in [5.74, 6) is 0. The minimum absolute atomic E-state index is 0.363. The number of rotatable bonds is 4. The zero-order valence-corrected chi connectivity index (χ0v) is 10.5. The van der Waals surface area contributed by atoms with Crippen molar-refractivity contribution in [2.45, 2.75) is 52.6 Å². The second-order valence-corrected chi connectivity index (χ2v) is 5.36. The highest BCUT2D eigenvalue weighted by Gasteiger charge is 2.36. The lowest BCUT2D eigenvalue weighted by Gasteiger charge is -2.51. The first-order chi connectivity index (χ1) is 6.49. The molecule has 0 saturated carbocycles. The number of hydrogen-bond donors (Lipinski definition) is 0. The normalized spacial score (nSPS) is 20.1. The summed E-state index contributed by atoms with van der Waals surface area (Å²) in [6.07, 6.45) is 1.28. The number of likely N-dealkylation sites (N-methyl/N-ethyl adjacent to an activating group) is 1. The van der Waals surface area contributed by atoms with Crippen molar-refractivity contribution in [3.8, 4) is 0 Å². The molecule has 0 atom stereocenters. The third-order valence-corrected chi connectivity index (χ3v) is 3.24. The van der Waals surface area contributed by atoms with E-state index >= 15 is 0 Å². The van der Waals surface area contributed by atoms with Crippen molar-refractivity contribution < 1.29 is 0 Å². The lowest BCUT2D eigenvalue weighted by molar-refractivity contribution is -0.0202. The highest BCUT2D eigenvalue weighted by molar-refractivity contribution is 4.93. The second kappa shape index (κ2) is 4.63. The Bertz CT molecular complexity index is 166. The van der Waals surface area contributed by atoms with Gasteiger partial charge in [-0.15, -0.1) is 0 Å². The van der Waals surface area contributed by atoms with Gasteiger partial charge >= 0.3 is 0 Å². The quantitative estimate of drug-likeness (QED) is 0.683. The molecule has 14 heavy (non-hydrogen) atoms. The van der Waals surface area contributed by atoms with Gasteiger partial charge in [0.25, 0.3) is 0 Å². The molecule has 84 valence electrons. The van der Waals surface area contributed by atoms with Gasteiger partial charge in [-0.1, -0.05) is 13.8 Å². The Morgan fingerprint density at radius 2 is 1.79 bits per heavy atom. The van der Waals surface area contributed by atoms with E-state index in [9.17, 15) is 0 Å². The minimum atomic E-state index is 0.363. The van der Waals surface area contributed by atoms with Crippen molar-refractivity contribution in [3.05, 3.63) is 0 Å².